The van der Waals surface area contributed by atoms with Crippen LogP contribution in [0, 0.1) is 15.9 Å². The van der Waals surface area contributed by atoms with Crippen LogP contribution in [-0.2, 0) is 6.42 Å². The van der Waals surface area contributed by atoms with Crippen molar-refractivity contribution >= 4 is 17.5 Å². The van der Waals surface area contributed by atoms with Gasteiger partial charge >= 0.3 is 0 Å². The Hall–Kier alpha value is -3.02. The summed E-state index contributed by atoms with van der Waals surface area (Å²) in [6, 6.07) is 11.5. The molecule has 0 aliphatic heterocycles. The van der Waals surface area contributed by atoms with Crippen LogP contribution >= 0.6 is 0 Å². The highest BCUT2D eigenvalue weighted by Gasteiger charge is 2.13. The lowest BCUT2D eigenvalue weighted by atomic mass is 10.0. The van der Waals surface area contributed by atoms with Crippen molar-refractivity contribution in [1.82, 2.24) is 0 Å². The lowest BCUT2D eigenvalue weighted by molar-refractivity contribution is -0.400. The SMILES string of the molecule is CN(C)c1ccc(C(=O)Cc2cccc(/C=C/[N+](=O)[O-])c2F)cc1. The molecule has 0 spiro atoms. The lowest BCUT2D eigenvalue weighted by Gasteiger charge is -2.12. The second-order valence-corrected chi connectivity index (χ2v) is 5.46. The molecule has 0 radical (unpaired) electrons. The van der Waals surface area contributed by atoms with Gasteiger partial charge in [0.25, 0.3) is 0 Å². The third-order valence-corrected chi connectivity index (χ3v) is 3.54. The Bertz CT molecular complexity index is 783. The summed E-state index contributed by atoms with van der Waals surface area (Å²) in [5, 5.41) is 10.3. The predicted octanol–water partition coefficient (Wildman–Crippen LogP) is 3.56. The van der Waals surface area contributed by atoms with E-state index in [1.165, 1.54) is 12.1 Å². The quantitative estimate of drug-likeness (QED) is 0.462. The maximum Gasteiger partial charge on any atom is 0.235 e. The van der Waals surface area contributed by atoms with Crippen LogP contribution in [0.5, 0.6) is 0 Å². The second-order valence-electron chi connectivity index (χ2n) is 5.46. The van der Waals surface area contributed by atoms with E-state index in [2.05, 4.69) is 0 Å². The van der Waals surface area contributed by atoms with Crippen molar-refractivity contribution in [1.29, 1.82) is 0 Å². The fourth-order valence-corrected chi connectivity index (χ4v) is 2.23. The summed E-state index contributed by atoms with van der Waals surface area (Å²) >= 11 is 0. The van der Waals surface area contributed by atoms with E-state index in [-0.39, 0.29) is 23.3 Å². The molecular formula is C18H17FN2O3. The number of carbonyl (C=O) groups is 1. The molecule has 2 aromatic rings. The molecule has 0 heterocycles. The van der Waals surface area contributed by atoms with Crippen LogP contribution in [0.3, 0.4) is 0 Å². The second kappa shape index (κ2) is 7.50. The lowest BCUT2D eigenvalue weighted by Crippen LogP contribution is -2.10. The van der Waals surface area contributed by atoms with Gasteiger partial charge in [0.1, 0.15) is 5.82 Å². The first-order valence-corrected chi connectivity index (χ1v) is 7.28. The van der Waals surface area contributed by atoms with Gasteiger partial charge in [-0.15, -0.1) is 0 Å². The summed E-state index contributed by atoms with van der Waals surface area (Å²) in [4.78, 5) is 23.9. The molecule has 0 aliphatic carbocycles. The van der Waals surface area contributed by atoms with Crippen molar-refractivity contribution in [3.63, 3.8) is 0 Å². The molecular weight excluding hydrogens is 311 g/mol. The predicted molar refractivity (Wildman–Crippen MR) is 91.2 cm³/mol. The minimum absolute atomic E-state index is 0.0833. The third kappa shape index (κ3) is 4.25. The monoisotopic (exact) mass is 328 g/mol. The Balaban J connectivity index is 2.19. The molecule has 0 saturated heterocycles. The number of nitrogens with zero attached hydrogens (tertiary/aromatic N) is 2. The van der Waals surface area contributed by atoms with Gasteiger partial charge in [0, 0.05) is 43.4 Å². The molecule has 2 rings (SSSR count). The molecule has 24 heavy (non-hydrogen) atoms. The maximum absolute atomic E-state index is 14.3. The molecule has 0 fully saturated rings. The highest BCUT2D eigenvalue weighted by atomic mass is 19.1. The fourth-order valence-electron chi connectivity index (χ4n) is 2.23. The molecule has 0 atom stereocenters. The largest absolute Gasteiger partial charge is 0.378 e. The van der Waals surface area contributed by atoms with E-state index < -0.39 is 10.7 Å². The van der Waals surface area contributed by atoms with Crippen LogP contribution in [0.4, 0.5) is 10.1 Å². The molecule has 0 aromatic heterocycles. The first-order chi connectivity index (χ1) is 11.4. The average molecular weight is 328 g/mol. The van der Waals surface area contributed by atoms with E-state index in [1.807, 2.05) is 31.1 Å². The van der Waals surface area contributed by atoms with Gasteiger partial charge in [-0.05, 0) is 29.8 Å². The van der Waals surface area contributed by atoms with Gasteiger partial charge in [0.2, 0.25) is 6.20 Å². The minimum atomic E-state index is -0.663. The van der Waals surface area contributed by atoms with Crippen LogP contribution in [0.2, 0.25) is 0 Å². The number of hydrogen-bond donors (Lipinski definition) is 0. The number of hydrogen-bond acceptors (Lipinski definition) is 4. The van der Waals surface area contributed by atoms with Gasteiger partial charge in [0.05, 0.1) is 4.92 Å². The Kier molecular flexibility index (Phi) is 5.42. The summed E-state index contributed by atoms with van der Waals surface area (Å²) in [5.74, 6) is -0.830. The third-order valence-electron chi connectivity index (χ3n) is 3.54. The molecule has 5 nitrogen and oxygen atoms in total. The zero-order chi connectivity index (χ0) is 17.7. The van der Waals surface area contributed by atoms with Crippen LogP contribution in [0.25, 0.3) is 6.08 Å². The summed E-state index contributed by atoms with van der Waals surface area (Å²) in [5.41, 5.74) is 1.75. The van der Waals surface area contributed by atoms with Crippen molar-refractivity contribution in [3.05, 3.63) is 81.3 Å². The molecule has 0 aliphatic rings. The van der Waals surface area contributed by atoms with Crippen LogP contribution in [-0.4, -0.2) is 24.8 Å². The van der Waals surface area contributed by atoms with Gasteiger partial charge in [-0.25, -0.2) is 4.39 Å². The van der Waals surface area contributed by atoms with Crippen LogP contribution in [0.1, 0.15) is 21.5 Å². The number of anilines is 1. The van der Waals surface area contributed by atoms with E-state index in [0.717, 1.165) is 11.8 Å². The normalized spacial score (nSPS) is 10.8. The number of benzene rings is 2. The number of ketones is 1. The average Bonchev–Trinajstić information content (AvgIpc) is 2.55. The van der Waals surface area contributed by atoms with Crippen molar-refractivity contribution < 1.29 is 14.1 Å². The smallest absolute Gasteiger partial charge is 0.235 e. The van der Waals surface area contributed by atoms with Crippen LogP contribution < -0.4 is 4.90 Å². The Morgan fingerprint density at radius 3 is 2.46 bits per heavy atom. The number of halogens is 1. The Labute approximate surface area is 139 Å². The number of nitro groups is 1. The van der Waals surface area contributed by atoms with E-state index in [9.17, 15) is 19.3 Å². The number of rotatable bonds is 6. The van der Waals surface area contributed by atoms with Gasteiger partial charge in [-0.1, -0.05) is 18.2 Å². The molecule has 0 N–H and O–H groups in total. The summed E-state index contributed by atoms with van der Waals surface area (Å²) in [6.07, 6.45) is 1.65. The number of Topliss-reactive ketones (excluding diaryl/α,β-unsaturated/α-hetero) is 1. The van der Waals surface area contributed by atoms with Crippen molar-refractivity contribution in [3.8, 4) is 0 Å². The fraction of sp³-hybridized carbons (Fsp3) is 0.167. The zero-order valence-electron chi connectivity index (χ0n) is 13.4. The molecule has 0 bridgehead atoms. The molecule has 0 saturated carbocycles. The molecule has 0 unspecified atom stereocenters. The summed E-state index contributed by atoms with van der Waals surface area (Å²) < 4.78 is 14.3. The van der Waals surface area contributed by atoms with E-state index >= 15 is 0 Å². The minimum Gasteiger partial charge on any atom is -0.378 e. The Morgan fingerprint density at radius 2 is 1.88 bits per heavy atom. The van der Waals surface area contributed by atoms with Gasteiger partial charge in [-0.3, -0.25) is 14.9 Å². The molecule has 124 valence electrons. The molecule has 0 amide bonds. The first-order valence-electron chi connectivity index (χ1n) is 7.28. The highest BCUT2D eigenvalue weighted by molar-refractivity contribution is 5.97. The molecule has 2 aromatic carbocycles. The summed E-state index contributed by atoms with van der Waals surface area (Å²) in [6.45, 7) is 0. The topological polar surface area (TPSA) is 63.5 Å². The maximum atomic E-state index is 14.3. The van der Waals surface area contributed by atoms with Crippen molar-refractivity contribution in [2.24, 2.45) is 0 Å². The van der Waals surface area contributed by atoms with E-state index in [0.29, 0.717) is 11.8 Å². The molecule has 6 heteroatoms. The Morgan fingerprint density at radius 1 is 1.21 bits per heavy atom. The number of carbonyl (C=O) groups excluding carboxylic acids is 1. The van der Waals surface area contributed by atoms with E-state index in [4.69, 9.17) is 0 Å². The van der Waals surface area contributed by atoms with Gasteiger partial charge in [0.15, 0.2) is 5.78 Å². The van der Waals surface area contributed by atoms with E-state index in [1.54, 1.807) is 18.2 Å². The van der Waals surface area contributed by atoms with Crippen molar-refractivity contribution in [2.45, 2.75) is 6.42 Å². The highest BCUT2D eigenvalue weighted by Crippen LogP contribution is 2.18. The van der Waals surface area contributed by atoms with Crippen molar-refractivity contribution in [2.75, 3.05) is 19.0 Å². The van der Waals surface area contributed by atoms with Gasteiger partial charge in [-0.2, -0.15) is 0 Å². The summed E-state index contributed by atoms with van der Waals surface area (Å²) in [7, 11) is 3.80. The standard InChI is InChI=1S/C18H17FN2O3/c1-20(2)16-8-6-13(7-9-16)17(22)12-15-5-3-4-14(18(15)19)10-11-21(23)24/h3-11H,12H2,1-2H3/b11-10+. The first kappa shape index (κ1) is 17.3. The van der Waals surface area contributed by atoms with Crippen LogP contribution in [0.15, 0.2) is 48.7 Å². The van der Waals surface area contributed by atoms with Gasteiger partial charge < -0.3 is 4.90 Å². The zero-order valence-corrected chi connectivity index (χ0v) is 13.4.